The molecule has 0 spiro atoms. The molecule has 34 heavy (non-hydrogen) atoms. The van der Waals surface area contributed by atoms with Crippen LogP contribution in [0.4, 0.5) is 4.79 Å². The van der Waals surface area contributed by atoms with Crippen molar-refractivity contribution >= 4 is 6.09 Å². The van der Waals surface area contributed by atoms with Crippen LogP contribution < -0.4 is 19.5 Å². The van der Waals surface area contributed by atoms with Gasteiger partial charge in [0.05, 0.1) is 21.3 Å². The predicted octanol–water partition coefficient (Wildman–Crippen LogP) is 4.65. The number of carbonyl (C=O) groups excluding carboxylic acids is 1. The van der Waals surface area contributed by atoms with Gasteiger partial charge < -0.3 is 28.8 Å². The minimum absolute atomic E-state index is 0.201. The second kappa shape index (κ2) is 11.9. The second-order valence-electron chi connectivity index (χ2n) is 8.16. The number of carbonyl (C=O) groups is 1. The third-order valence-corrected chi connectivity index (χ3v) is 5.10. The van der Waals surface area contributed by atoms with Crippen LogP contribution in [0.2, 0.25) is 0 Å². The Bertz CT molecular complexity index is 1040. The van der Waals surface area contributed by atoms with Crippen LogP contribution in [0, 0.1) is 5.92 Å². The lowest BCUT2D eigenvalue weighted by molar-refractivity contribution is 0.133. The van der Waals surface area contributed by atoms with Crippen LogP contribution >= 0.6 is 0 Å². The minimum Gasteiger partial charge on any atom is -0.493 e. The summed E-state index contributed by atoms with van der Waals surface area (Å²) in [7, 11) is 4.63. The monoisotopic (exact) mass is 469 g/mol. The summed E-state index contributed by atoms with van der Waals surface area (Å²) in [4.78, 5) is 16.9. The highest BCUT2D eigenvalue weighted by atomic mass is 16.5. The molecular formula is C25H31N3O6. The van der Waals surface area contributed by atoms with E-state index in [2.05, 4.69) is 29.3 Å². The average Bonchev–Trinajstić information content (AvgIpc) is 3.30. The molecule has 3 aromatic rings. The maximum atomic E-state index is 12.4. The highest BCUT2D eigenvalue weighted by Gasteiger charge is 2.21. The van der Waals surface area contributed by atoms with Gasteiger partial charge in [-0.25, -0.2) is 4.79 Å². The molecule has 1 amide bonds. The van der Waals surface area contributed by atoms with Crippen molar-refractivity contribution in [2.75, 3.05) is 21.3 Å². The molecule has 0 aliphatic carbocycles. The first kappa shape index (κ1) is 24.9. The van der Waals surface area contributed by atoms with Gasteiger partial charge in [0.2, 0.25) is 17.5 Å². The Morgan fingerprint density at radius 1 is 1.03 bits per heavy atom. The zero-order valence-corrected chi connectivity index (χ0v) is 20.2. The fourth-order valence-corrected chi connectivity index (χ4v) is 3.57. The first-order chi connectivity index (χ1) is 16.4. The lowest BCUT2D eigenvalue weighted by atomic mass is 10.0. The molecule has 2 aromatic carbocycles. The summed E-state index contributed by atoms with van der Waals surface area (Å²) < 4.78 is 27.0. The normalized spacial score (nSPS) is 11.7. The van der Waals surface area contributed by atoms with Crippen molar-refractivity contribution in [3.05, 3.63) is 53.9 Å². The molecule has 9 heteroatoms. The minimum atomic E-state index is -0.487. The Hall–Kier alpha value is -3.75. The molecule has 9 nitrogen and oxygen atoms in total. The summed E-state index contributed by atoms with van der Waals surface area (Å²) in [6, 6.07) is 12.8. The molecule has 0 unspecified atom stereocenters. The fraction of sp³-hybridized carbons (Fsp3) is 0.400. The van der Waals surface area contributed by atoms with Gasteiger partial charge in [0.1, 0.15) is 6.61 Å². The number of hydrogen-bond donors (Lipinski definition) is 1. The Balaban J connectivity index is 1.70. The smallest absolute Gasteiger partial charge is 0.407 e. The van der Waals surface area contributed by atoms with Gasteiger partial charge in [-0.15, -0.1) is 0 Å². The molecule has 0 aliphatic heterocycles. The molecule has 1 heterocycles. The van der Waals surface area contributed by atoms with Crippen molar-refractivity contribution in [1.82, 2.24) is 15.5 Å². The van der Waals surface area contributed by atoms with Gasteiger partial charge >= 0.3 is 6.09 Å². The van der Waals surface area contributed by atoms with E-state index in [4.69, 9.17) is 23.5 Å². The summed E-state index contributed by atoms with van der Waals surface area (Å²) in [5, 5.41) is 7.02. The van der Waals surface area contributed by atoms with Crippen LogP contribution in [-0.2, 0) is 17.8 Å². The molecule has 3 rings (SSSR count). The second-order valence-corrected chi connectivity index (χ2v) is 8.16. The van der Waals surface area contributed by atoms with E-state index < -0.39 is 6.09 Å². The Morgan fingerprint density at radius 2 is 1.71 bits per heavy atom. The number of aromatic nitrogens is 2. The number of benzene rings is 2. The first-order valence-electron chi connectivity index (χ1n) is 11.0. The standard InChI is InChI=1S/C25H31N3O6/c1-16(2)11-19(26-25(29)33-15-17-9-7-6-8-10-17)14-22-27-24(28-34-22)18-12-20(30-3)23(32-5)21(13-18)31-4/h6-10,12-13,16,19H,11,14-15H2,1-5H3,(H,26,29)/t19-/m0/s1. The van der Waals surface area contributed by atoms with E-state index in [0.29, 0.717) is 46.9 Å². The molecule has 0 saturated carbocycles. The number of nitrogens with zero attached hydrogens (tertiary/aromatic N) is 2. The molecule has 182 valence electrons. The van der Waals surface area contributed by atoms with E-state index in [1.54, 1.807) is 33.5 Å². The molecule has 0 bridgehead atoms. The van der Waals surface area contributed by atoms with Crippen LogP contribution in [0.25, 0.3) is 11.4 Å². The third kappa shape index (κ3) is 6.63. The Morgan fingerprint density at radius 3 is 2.29 bits per heavy atom. The molecule has 0 fully saturated rings. The van der Waals surface area contributed by atoms with E-state index in [0.717, 1.165) is 12.0 Å². The molecular weight excluding hydrogens is 438 g/mol. The largest absolute Gasteiger partial charge is 0.493 e. The number of amides is 1. The summed E-state index contributed by atoms with van der Waals surface area (Å²) in [6.07, 6.45) is 0.608. The highest BCUT2D eigenvalue weighted by Crippen LogP contribution is 2.40. The molecule has 0 saturated heterocycles. The average molecular weight is 470 g/mol. The molecule has 0 radical (unpaired) electrons. The van der Waals surface area contributed by atoms with Crippen LogP contribution in [0.5, 0.6) is 17.2 Å². The number of rotatable bonds is 11. The zero-order chi connectivity index (χ0) is 24.5. The summed E-state index contributed by atoms with van der Waals surface area (Å²) in [5.74, 6) is 2.58. The maximum Gasteiger partial charge on any atom is 0.407 e. The quantitative estimate of drug-likeness (QED) is 0.433. The van der Waals surface area contributed by atoms with Crippen LogP contribution in [0.1, 0.15) is 31.7 Å². The topological polar surface area (TPSA) is 105 Å². The number of hydrogen-bond acceptors (Lipinski definition) is 8. The molecule has 1 aromatic heterocycles. The summed E-state index contributed by atoms with van der Waals surface area (Å²) in [5.41, 5.74) is 1.57. The van der Waals surface area contributed by atoms with Gasteiger partial charge in [-0.3, -0.25) is 0 Å². The Labute approximate surface area is 199 Å². The van der Waals surface area contributed by atoms with E-state index in [1.807, 2.05) is 30.3 Å². The predicted molar refractivity (Wildman–Crippen MR) is 126 cm³/mol. The van der Waals surface area contributed by atoms with Crippen molar-refractivity contribution in [3.8, 4) is 28.6 Å². The van der Waals surface area contributed by atoms with Crippen LogP contribution in [0.3, 0.4) is 0 Å². The van der Waals surface area contributed by atoms with Gasteiger partial charge in [0, 0.05) is 18.0 Å². The molecule has 1 N–H and O–H groups in total. The number of alkyl carbamates (subject to hydrolysis) is 1. The van der Waals surface area contributed by atoms with Crippen molar-refractivity contribution in [2.45, 2.75) is 39.3 Å². The van der Waals surface area contributed by atoms with Crippen molar-refractivity contribution in [3.63, 3.8) is 0 Å². The van der Waals surface area contributed by atoms with Crippen LogP contribution in [0.15, 0.2) is 47.0 Å². The molecule has 1 atom stereocenters. The lowest BCUT2D eigenvalue weighted by Crippen LogP contribution is -2.37. The van der Waals surface area contributed by atoms with E-state index in [9.17, 15) is 4.79 Å². The summed E-state index contributed by atoms with van der Waals surface area (Å²) >= 11 is 0. The van der Waals surface area contributed by atoms with Gasteiger partial charge in [0.15, 0.2) is 11.5 Å². The zero-order valence-electron chi connectivity index (χ0n) is 20.2. The fourth-order valence-electron chi connectivity index (χ4n) is 3.57. The van der Waals surface area contributed by atoms with Gasteiger partial charge in [-0.2, -0.15) is 4.98 Å². The summed E-state index contributed by atoms with van der Waals surface area (Å²) in [6.45, 7) is 4.37. The number of methoxy groups -OCH3 is 3. The van der Waals surface area contributed by atoms with Gasteiger partial charge in [-0.1, -0.05) is 49.3 Å². The van der Waals surface area contributed by atoms with Crippen molar-refractivity contribution < 1.29 is 28.3 Å². The highest BCUT2D eigenvalue weighted by molar-refractivity contribution is 5.68. The lowest BCUT2D eigenvalue weighted by Gasteiger charge is -2.19. The van der Waals surface area contributed by atoms with Gasteiger partial charge in [-0.05, 0) is 30.0 Å². The van der Waals surface area contributed by atoms with Crippen molar-refractivity contribution in [1.29, 1.82) is 0 Å². The number of ether oxygens (including phenoxy) is 4. The van der Waals surface area contributed by atoms with Crippen molar-refractivity contribution in [2.24, 2.45) is 5.92 Å². The van der Waals surface area contributed by atoms with E-state index in [-0.39, 0.29) is 12.6 Å². The third-order valence-electron chi connectivity index (χ3n) is 5.10. The molecule has 0 aliphatic rings. The SMILES string of the molecule is COc1cc(-c2noc(C[C@H](CC(C)C)NC(=O)OCc3ccccc3)n2)cc(OC)c1OC. The number of nitrogens with one attached hydrogen (secondary N) is 1. The van der Waals surface area contributed by atoms with E-state index in [1.165, 1.54) is 0 Å². The first-order valence-corrected chi connectivity index (χ1v) is 11.0. The van der Waals surface area contributed by atoms with E-state index >= 15 is 0 Å². The maximum absolute atomic E-state index is 12.4. The van der Waals surface area contributed by atoms with Gasteiger partial charge in [0.25, 0.3) is 0 Å². The van der Waals surface area contributed by atoms with Crippen LogP contribution in [-0.4, -0.2) is 43.6 Å². The Kier molecular flexibility index (Phi) is 8.73.